The van der Waals surface area contributed by atoms with Crippen LogP contribution >= 0.6 is 27.3 Å². The van der Waals surface area contributed by atoms with E-state index in [1.165, 1.54) is 11.3 Å². The fourth-order valence-electron chi connectivity index (χ4n) is 2.61. The van der Waals surface area contributed by atoms with E-state index in [9.17, 15) is 9.59 Å². The van der Waals surface area contributed by atoms with Crippen LogP contribution in [0.5, 0.6) is 5.75 Å². The Kier molecular flexibility index (Phi) is 4.73. The van der Waals surface area contributed by atoms with Gasteiger partial charge in [-0.2, -0.15) is 0 Å². The molecule has 0 aliphatic heterocycles. The molecule has 1 aliphatic carbocycles. The van der Waals surface area contributed by atoms with Crippen molar-refractivity contribution in [2.45, 2.75) is 26.7 Å². The Balaban J connectivity index is 1.61. The van der Waals surface area contributed by atoms with Crippen molar-refractivity contribution in [3.63, 3.8) is 0 Å². The minimum absolute atomic E-state index is 0.0792. The van der Waals surface area contributed by atoms with Crippen LogP contribution in [0.3, 0.4) is 0 Å². The number of aromatic nitrogens is 1. The molecule has 2 aromatic rings. The first-order valence-electron chi connectivity index (χ1n) is 7.53. The van der Waals surface area contributed by atoms with E-state index in [4.69, 9.17) is 4.74 Å². The number of benzene rings is 1. The van der Waals surface area contributed by atoms with Crippen molar-refractivity contribution in [2.75, 3.05) is 11.9 Å². The molecule has 1 aliphatic rings. The number of amides is 1. The monoisotopic (exact) mass is 408 g/mol. The van der Waals surface area contributed by atoms with Gasteiger partial charge in [0.1, 0.15) is 5.75 Å². The number of nitrogens with one attached hydrogen (secondary N) is 1. The molecule has 0 atom stereocenters. The predicted octanol–water partition coefficient (Wildman–Crippen LogP) is 4.08. The number of hydrogen-bond acceptors (Lipinski definition) is 5. The first kappa shape index (κ1) is 17.1. The summed E-state index contributed by atoms with van der Waals surface area (Å²) in [4.78, 5) is 29.3. The van der Waals surface area contributed by atoms with Crippen LogP contribution in [-0.4, -0.2) is 23.3 Å². The van der Waals surface area contributed by atoms with Gasteiger partial charge in [-0.05, 0) is 36.1 Å². The zero-order valence-electron chi connectivity index (χ0n) is 13.4. The van der Waals surface area contributed by atoms with Crippen LogP contribution in [0.1, 0.15) is 35.6 Å². The number of carbonyl (C=O) groups excluding carboxylic acids is 2. The highest BCUT2D eigenvalue weighted by molar-refractivity contribution is 9.10. The molecule has 0 fully saturated rings. The molecule has 0 spiro atoms. The summed E-state index contributed by atoms with van der Waals surface area (Å²) >= 11 is 4.58. The first-order chi connectivity index (χ1) is 11.3. The number of anilines is 1. The fraction of sp³-hybridized carbons (Fsp3) is 0.353. The number of hydrogen-bond donors (Lipinski definition) is 1. The van der Waals surface area contributed by atoms with Crippen molar-refractivity contribution in [1.82, 2.24) is 4.98 Å². The Morgan fingerprint density at radius 1 is 1.33 bits per heavy atom. The second-order valence-electron chi connectivity index (χ2n) is 6.53. The lowest BCUT2D eigenvalue weighted by atomic mass is 9.78. The van der Waals surface area contributed by atoms with E-state index in [1.807, 2.05) is 12.1 Å². The van der Waals surface area contributed by atoms with Gasteiger partial charge in [0.25, 0.3) is 5.91 Å². The van der Waals surface area contributed by atoms with Crippen molar-refractivity contribution < 1.29 is 14.3 Å². The van der Waals surface area contributed by atoms with E-state index < -0.39 is 0 Å². The zero-order chi connectivity index (χ0) is 17.3. The van der Waals surface area contributed by atoms with E-state index in [0.29, 0.717) is 22.2 Å². The van der Waals surface area contributed by atoms with Crippen molar-refractivity contribution in [2.24, 2.45) is 5.41 Å². The Labute approximate surface area is 152 Å². The molecule has 0 bridgehead atoms. The van der Waals surface area contributed by atoms with Gasteiger partial charge in [-0.3, -0.25) is 14.9 Å². The van der Waals surface area contributed by atoms with Gasteiger partial charge in [0.2, 0.25) is 0 Å². The highest BCUT2D eigenvalue weighted by Crippen LogP contribution is 2.38. The van der Waals surface area contributed by atoms with E-state index in [-0.39, 0.29) is 23.7 Å². The molecule has 24 heavy (non-hydrogen) atoms. The molecule has 0 unspecified atom stereocenters. The van der Waals surface area contributed by atoms with Crippen LogP contribution in [-0.2, 0) is 11.2 Å². The molecule has 0 saturated carbocycles. The number of Topliss-reactive ketones (excluding diaryl/α,β-unsaturated/α-hetero) is 1. The number of ketones is 1. The van der Waals surface area contributed by atoms with Crippen LogP contribution in [0.4, 0.5) is 5.13 Å². The third-order valence-electron chi connectivity index (χ3n) is 3.67. The average Bonchev–Trinajstić information content (AvgIpc) is 2.88. The van der Waals surface area contributed by atoms with Gasteiger partial charge >= 0.3 is 0 Å². The lowest BCUT2D eigenvalue weighted by Gasteiger charge is -2.26. The van der Waals surface area contributed by atoms with Crippen molar-refractivity contribution in [3.8, 4) is 5.75 Å². The highest BCUT2D eigenvalue weighted by Gasteiger charge is 2.34. The van der Waals surface area contributed by atoms with Gasteiger partial charge in [-0.25, -0.2) is 4.98 Å². The molecule has 1 aromatic heterocycles. The molecule has 126 valence electrons. The smallest absolute Gasteiger partial charge is 0.264 e. The Bertz CT molecular complexity index is 784. The normalized spacial score (nSPS) is 15.7. The maximum Gasteiger partial charge on any atom is 0.264 e. The van der Waals surface area contributed by atoms with E-state index in [1.54, 1.807) is 12.1 Å². The summed E-state index contributed by atoms with van der Waals surface area (Å²) in [6.45, 7) is 4.00. The second kappa shape index (κ2) is 6.64. The summed E-state index contributed by atoms with van der Waals surface area (Å²) in [6.07, 6.45) is 1.26. The van der Waals surface area contributed by atoms with Crippen LogP contribution in [0.15, 0.2) is 28.7 Å². The minimum Gasteiger partial charge on any atom is -0.484 e. The summed E-state index contributed by atoms with van der Waals surface area (Å²) in [7, 11) is 0. The molecule has 1 aromatic carbocycles. The quantitative estimate of drug-likeness (QED) is 0.827. The largest absolute Gasteiger partial charge is 0.484 e. The number of carbonyl (C=O) groups is 2. The minimum atomic E-state index is -0.296. The molecular weight excluding hydrogens is 392 g/mol. The van der Waals surface area contributed by atoms with Gasteiger partial charge < -0.3 is 4.74 Å². The Morgan fingerprint density at radius 3 is 2.75 bits per heavy atom. The van der Waals surface area contributed by atoms with Crippen LogP contribution in [0.2, 0.25) is 0 Å². The maximum atomic E-state index is 12.2. The molecule has 5 nitrogen and oxygen atoms in total. The molecule has 7 heteroatoms. The number of rotatable bonds is 4. The summed E-state index contributed by atoms with van der Waals surface area (Å²) in [6, 6.07) is 7.24. The van der Waals surface area contributed by atoms with Crippen molar-refractivity contribution >= 4 is 44.1 Å². The molecule has 1 heterocycles. The molecule has 3 rings (SSSR count). The van der Waals surface area contributed by atoms with Crippen molar-refractivity contribution in [1.29, 1.82) is 0 Å². The topological polar surface area (TPSA) is 68.3 Å². The molecule has 1 amide bonds. The molecule has 1 N–H and O–H groups in total. The zero-order valence-corrected chi connectivity index (χ0v) is 15.8. The van der Waals surface area contributed by atoms with Gasteiger partial charge in [-0.1, -0.05) is 41.1 Å². The van der Waals surface area contributed by atoms with Crippen LogP contribution in [0, 0.1) is 5.41 Å². The van der Waals surface area contributed by atoms with Gasteiger partial charge in [0.05, 0.1) is 10.6 Å². The van der Waals surface area contributed by atoms with Gasteiger partial charge in [-0.15, -0.1) is 0 Å². The van der Waals surface area contributed by atoms with Gasteiger partial charge in [0.15, 0.2) is 17.5 Å². The Morgan fingerprint density at radius 2 is 2.04 bits per heavy atom. The number of thiazole rings is 1. The first-order valence-corrected chi connectivity index (χ1v) is 9.14. The summed E-state index contributed by atoms with van der Waals surface area (Å²) in [5.41, 5.74) is 0.704. The number of nitrogens with zero attached hydrogens (tertiary/aromatic N) is 1. The summed E-state index contributed by atoms with van der Waals surface area (Å²) in [5.74, 6) is 0.421. The molecule has 0 saturated heterocycles. The van der Waals surface area contributed by atoms with E-state index >= 15 is 0 Å². The van der Waals surface area contributed by atoms with Crippen molar-refractivity contribution in [3.05, 3.63) is 39.3 Å². The number of fused-ring (bicyclic) bond motifs is 1. The number of ether oxygens (including phenoxy) is 1. The molecule has 0 radical (unpaired) electrons. The maximum absolute atomic E-state index is 12.2. The van der Waals surface area contributed by atoms with E-state index in [0.717, 1.165) is 16.6 Å². The standard InChI is InChI=1S/C17H17BrN2O3S/c1-17(2)7-12-15(13(21)8-17)24-16(19-12)20-14(22)9-23-11-5-3-10(18)4-6-11/h3-6H,7-9H2,1-2H3,(H,19,20,22). The Hall–Kier alpha value is -1.73. The lowest BCUT2D eigenvalue weighted by molar-refractivity contribution is -0.118. The third-order valence-corrected chi connectivity index (χ3v) is 5.25. The second-order valence-corrected chi connectivity index (χ2v) is 8.44. The SMILES string of the molecule is CC1(C)CC(=O)c2sc(NC(=O)COc3ccc(Br)cc3)nc2C1. The summed E-state index contributed by atoms with van der Waals surface area (Å²) < 4.78 is 6.37. The third kappa shape index (κ3) is 4.02. The van der Waals surface area contributed by atoms with Crippen LogP contribution < -0.4 is 10.1 Å². The van der Waals surface area contributed by atoms with E-state index in [2.05, 4.69) is 40.1 Å². The highest BCUT2D eigenvalue weighted by atomic mass is 79.9. The average molecular weight is 409 g/mol. The number of halogens is 1. The van der Waals surface area contributed by atoms with Gasteiger partial charge in [0, 0.05) is 10.9 Å². The lowest BCUT2D eigenvalue weighted by Crippen LogP contribution is -2.26. The summed E-state index contributed by atoms with van der Waals surface area (Å²) in [5, 5.41) is 3.16. The predicted molar refractivity (Wildman–Crippen MR) is 96.8 cm³/mol. The molecular formula is C17H17BrN2O3S. The van der Waals surface area contributed by atoms with Crippen LogP contribution in [0.25, 0.3) is 0 Å². The fourth-order valence-corrected chi connectivity index (χ4v) is 3.81.